The first-order valence-electron chi connectivity index (χ1n) is 16.5. The first kappa shape index (κ1) is 35.6. The van der Waals surface area contributed by atoms with E-state index in [-0.39, 0.29) is 10.8 Å². The zero-order chi connectivity index (χ0) is 31.2. The number of ketones is 2. The Morgan fingerprint density at radius 1 is 0.524 bits per heavy atom. The third-order valence-corrected chi connectivity index (χ3v) is 7.90. The average molecular weight is 579 g/mol. The van der Waals surface area contributed by atoms with E-state index in [9.17, 15) is 9.59 Å². The minimum Gasteiger partial charge on any atom is -0.493 e. The van der Waals surface area contributed by atoms with E-state index in [1.807, 2.05) is 36.4 Å². The maximum absolute atomic E-state index is 14.0. The number of benzene rings is 2. The maximum Gasteiger partial charge on any atom is 0.237 e. The van der Waals surface area contributed by atoms with Crippen LogP contribution in [0.2, 0.25) is 0 Å². The van der Waals surface area contributed by atoms with E-state index in [1.54, 1.807) is 0 Å². The summed E-state index contributed by atoms with van der Waals surface area (Å²) < 4.78 is 12.3. The number of carbonyl (C=O) groups is 2. The lowest BCUT2D eigenvalue weighted by Gasteiger charge is -2.22. The van der Waals surface area contributed by atoms with Gasteiger partial charge in [-0.2, -0.15) is 0 Å². The Morgan fingerprint density at radius 2 is 0.857 bits per heavy atom. The van der Waals surface area contributed by atoms with Crippen LogP contribution in [0.25, 0.3) is 0 Å². The molecule has 2 aromatic rings. The van der Waals surface area contributed by atoms with Crippen LogP contribution in [-0.4, -0.2) is 24.8 Å². The first-order valence-corrected chi connectivity index (χ1v) is 16.5. The molecule has 0 spiro atoms. The lowest BCUT2D eigenvalue weighted by Crippen LogP contribution is -2.21. The highest BCUT2D eigenvalue weighted by Gasteiger charge is 2.28. The maximum atomic E-state index is 14.0. The molecule has 0 aromatic heterocycles. The van der Waals surface area contributed by atoms with Gasteiger partial charge in [0.15, 0.2) is 0 Å². The van der Waals surface area contributed by atoms with Gasteiger partial charge in [-0.1, -0.05) is 132 Å². The summed E-state index contributed by atoms with van der Waals surface area (Å²) in [5.74, 6) is -0.128. The molecule has 4 nitrogen and oxygen atoms in total. The van der Waals surface area contributed by atoms with Crippen molar-refractivity contribution in [1.82, 2.24) is 0 Å². The normalized spacial score (nSPS) is 11.9. The van der Waals surface area contributed by atoms with Gasteiger partial charge in [0.05, 0.1) is 24.3 Å². The number of unbranched alkanes of at least 4 members (excludes halogenated alkanes) is 10. The topological polar surface area (TPSA) is 52.6 Å². The average Bonchev–Trinajstić information content (AvgIpc) is 2.94. The number of ether oxygens (including phenoxy) is 2. The summed E-state index contributed by atoms with van der Waals surface area (Å²) in [6.45, 7) is 18.1. The third kappa shape index (κ3) is 11.6. The first-order chi connectivity index (χ1) is 19.9. The second-order valence-corrected chi connectivity index (χ2v) is 13.8. The van der Waals surface area contributed by atoms with Crippen LogP contribution in [0.4, 0.5) is 0 Å². The van der Waals surface area contributed by atoms with Crippen LogP contribution in [0.5, 0.6) is 11.5 Å². The van der Waals surface area contributed by atoms with E-state index < -0.39 is 11.6 Å². The summed E-state index contributed by atoms with van der Waals surface area (Å²) in [5.41, 5.74) is 2.31. The van der Waals surface area contributed by atoms with Crippen LogP contribution in [0.3, 0.4) is 0 Å². The lowest BCUT2D eigenvalue weighted by atomic mass is 9.84. The molecule has 2 aromatic carbocycles. The van der Waals surface area contributed by atoms with Crippen molar-refractivity contribution in [3.05, 3.63) is 58.7 Å². The Balaban J connectivity index is 2.31. The second-order valence-electron chi connectivity index (χ2n) is 13.8. The van der Waals surface area contributed by atoms with Crippen molar-refractivity contribution in [3.63, 3.8) is 0 Å². The van der Waals surface area contributed by atoms with Crippen LogP contribution < -0.4 is 9.47 Å². The number of hydrogen-bond acceptors (Lipinski definition) is 4. The minimum absolute atomic E-state index is 0.173. The Labute approximate surface area is 257 Å². The van der Waals surface area contributed by atoms with Gasteiger partial charge in [0.25, 0.3) is 0 Å². The van der Waals surface area contributed by atoms with E-state index in [0.29, 0.717) is 35.8 Å². The summed E-state index contributed by atoms with van der Waals surface area (Å²) in [4.78, 5) is 27.9. The lowest BCUT2D eigenvalue weighted by molar-refractivity contribution is 0.0811. The molecule has 234 valence electrons. The molecule has 0 aliphatic heterocycles. The van der Waals surface area contributed by atoms with Gasteiger partial charge in [0.1, 0.15) is 11.5 Å². The van der Waals surface area contributed by atoms with Gasteiger partial charge in [-0.25, -0.2) is 0 Å². The quantitative estimate of drug-likeness (QED) is 0.0945. The number of rotatable bonds is 19. The van der Waals surface area contributed by atoms with Crippen molar-refractivity contribution < 1.29 is 19.1 Å². The Hall–Kier alpha value is -2.62. The van der Waals surface area contributed by atoms with Crippen LogP contribution >= 0.6 is 0 Å². The van der Waals surface area contributed by atoms with E-state index in [1.165, 1.54) is 51.4 Å². The molecular formula is C38H58O4. The Bertz CT molecular complexity index is 1030. The largest absolute Gasteiger partial charge is 0.493 e. The highest BCUT2D eigenvalue weighted by Crippen LogP contribution is 2.32. The summed E-state index contributed by atoms with van der Waals surface area (Å²) in [5, 5.41) is 0. The zero-order valence-electron chi connectivity index (χ0n) is 28.0. The fraction of sp³-hybridized carbons (Fsp3) is 0.632. The summed E-state index contributed by atoms with van der Waals surface area (Å²) in [6.07, 6.45) is 13.9. The van der Waals surface area contributed by atoms with Crippen LogP contribution in [0.1, 0.15) is 164 Å². The number of hydrogen-bond donors (Lipinski definition) is 0. The van der Waals surface area contributed by atoms with Gasteiger partial charge < -0.3 is 9.47 Å². The monoisotopic (exact) mass is 578 g/mol. The molecule has 0 saturated carbocycles. The van der Waals surface area contributed by atoms with Crippen LogP contribution in [-0.2, 0) is 10.8 Å². The molecule has 0 bridgehead atoms. The molecule has 2 rings (SSSR count). The van der Waals surface area contributed by atoms with Crippen molar-refractivity contribution in [3.8, 4) is 11.5 Å². The van der Waals surface area contributed by atoms with Gasteiger partial charge >= 0.3 is 0 Å². The zero-order valence-corrected chi connectivity index (χ0v) is 28.0. The number of Topliss-reactive ketones (excluding diaryl/α,β-unsaturated/α-hetero) is 2. The predicted molar refractivity (Wildman–Crippen MR) is 177 cm³/mol. The van der Waals surface area contributed by atoms with Gasteiger partial charge in [-0.05, 0) is 59.1 Å². The molecule has 0 fully saturated rings. The molecule has 4 heteroatoms. The summed E-state index contributed by atoms with van der Waals surface area (Å²) in [6, 6.07) is 11.4. The van der Waals surface area contributed by atoms with E-state index in [0.717, 1.165) is 36.8 Å². The van der Waals surface area contributed by atoms with Gasteiger partial charge in [-0.3, -0.25) is 9.59 Å². The SMILES string of the molecule is CCCCCCCCOc1ccc(C(C)(C)C)cc1C(=O)C(=O)c1cc(C(C)(C)C)ccc1OCCCCCCCC. The molecular weight excluding hydrogens is 520 g/mol. The molecule has 42 heavy (non-hydrogen) atoms. The molecule has 0 heterocycles. The van der Waals surface area contributed by atoms with Crippen molar-refractivity contribution in [1.29, 1.82) is 0 Å². The molecule has 0 atom stereocenters. The Kier molecular flexibility index (Phi) is 14.8. The van der Waals surface area contributed by atoms with Gasteiger partial charge in [-0.15, -0.1) is 0 Å². The van der Waals surface area contributed by atoms with E-state index in [2.05, 4.69) is 55.4 Å². The van der Waals surface area contributed by atoms with E-state index >= 15 is 0 Å². The molecule has 0 amide bonds. The van der Waals surface area contributed by atoms with Crippen molar-refractivity contribution in [2.45, 2.75) is 143 Å². The minimum atomic E-state index is -0.547. The standard InChI is InChI=1S/C38H58O4/c1-9-11-13-15-17-19-25-41-33-23-21-29(37(3,4)5)27-31(33)35(39)36(40)32-28-30(38(6,7)8)22-24-34(32)42-26-20-18-16-14-12-10-2/h21-24,27-28H,9-20,25-26H2,1-8H3. The van der Waals surface area contributed by atoms with Crippen molar-refractivity contribution in [2.24, 2.45) is 0 Å². The van der Waals surface area contributed by atoms with Crippen LogP contribution in [0.15, 0.2) is 36.4 Å². The fourth-order valence-corrected chi connectivity index (χ4v) is 4.97. The number of carbonyl (C=O) groups excluding carboxylic acids is 2. The molecule has 0 aliphatic carbocycles. The molecule has 0 N–H and O–H groups in total. The van der Waals surface area contributed by atoms with E-state index in [4.69, 9.17) is 9.47 Å². The second kappa shape index (κ2) is 17.5. The van der Waals surface area contributed by atoms with Crippen LogP contribution in [0, 0.1) is 0 Å². The summed E-state index contributed by atoms with van der Waals surface area (Å²) >= 11 is 0. The molecule has 0 unspecified atom stereocenters. The molecule has 0 aliphatic rings. The highest BCUT2D eigenvalue weighted by molar-refractivity contribution is 6.50. The molecule has 0 radical (unpaired) electrons. The smallest absolute Gasteiger partial charge is 0.237 e. The third-order valence-electron chi connectivity index (χ3n) is 7.90. The van der Waals surface area contributed by atoms with Gasteiger partial charge in [0, 0.05) is 0 Å². The van der Waals surface area contributed by atoms with Crippen molar-refractivity contribution in [2.75, 3.05) is 13.2 Å². The fourth-order valence-electron chi connectivity index (χ4n) is 4.97. The predicted octanol–water partition coefficient (Wildman–Crippen LogP) is 10.8. The highest BCUT2D eigenvalue weighted by atomic mass is 16.5. The summed E-state index contributed by atoms with van der Waals surface area (Å²) in [7, 11) is 0. The Morgan fingerprint density at radius 3 is 1.19 bits per heavy atom. The van der Waals surface area contributed by atoms with Crippen molar-refractivity contribution >= 4 is 11.6 Å². The molecule has 0 saturated heterocycles. The van der Waals surface area contributed by atoms with Gasteiger partial charge in [0.2, 0.25) is 11.6 Å².